The number of nitrogen functional groups attached to an aromatic ring is 1. The third-order valence-electron chi connectivity index (χ3n) is 5.43. The molecule has 0 atom stereocenters. The van der Waals surface area contributed by atoms with E-state index in [0.717, 1.165) is 5.56 Å². The monoisotopic (exact) mass is 448 g/mol. The standard InChI is InChI=1S/C26H20N6O2/c27-23(17-9-6-12-29-13-17)22-25(28)31-15-32-26(22)30-14-20-21(16-7-2-1-3-8-16)24(33)18-10-4-5-11-19(18)34-20/h1-13,15,27H,14H2,(H3,28,30,31,32). The Kier molecular flexibility index (Phi) is 5.53. The summed E-state index contributed by atoms with van der Waals surface area (Å²) in [6.45, 7) is 0.147. The molecule has 0 spiro atoms. The lowest BCUT2D eigenvalue weighted by molar-refractivity contribution is 0.548. The number of nitrogens with zero attached hydrogens (tertiary/aromatic N) is 3. The molecule has 0 saturated heterocycles. The fourth-order valence-electron chi connectivity index (χ4n) is 3.81. The molecule has 0 aliphatic rings. The third kappa shape index (κ3) is 3.88. The van der Waals surface area contributed by atoms with E-state index in [1.165, 1.54) is 6.33 Å². The predicted octanol–water partition coefficient (Wildman–Crippen LogP) is 4.26. The molecule has 0 radical (unpaired) electrons. The minimum atomic E-state index is -0.115. The molecule has 0 amide bonds. The third-order valence-corrected chi connectivity index (χ3v) is 5.43. The summed E-state index contributed by atoms with van der Waals surface area (Å²) in [5.74, 6) is 0.969. The average Bonchev–Trinajstić information content (AvgIpc) is 2.88. The molecule has 0 unspecified atom stereocenters. The number of fused-ring (bicyclic) bond motifs is 1. The number of nitrogens with two attached hydrogens (primary N) is 1. The van der Waals surface area contributed by atoms with E-state index in [2.05, 4.69) is 20.3 Å². The van der Waals surface area contributed by atoms with Gasteiger partial charge in [0.1, 0.15) is 29.3 Å². The van der Waals surface area contributed by atoms with Crippen LogP contribution in [0.4, 0.5) is 11.6 Å². The van der Waals surface area contributed by atoms with Gasteiger partial charge in [0, 0.05) is 18.0 Å². The van der Waals surface area contributed by atoms with Crippen molar-refractivity contribution in [1.82, 2.24) is 15.0 Å². The van der Waals surface area contributed by atoms with Gasteiger partial charge in [-0.3, -0.25) is 15.2 Å². The molecule has 4 N–H and O–H groups in total. The number of hydrogen-bond acceptors (Lipinski definition) is 8. The van der Waals surface area contributed by atoms with Gasteiger partial charge in [0.25, 0.3) is 0 Å². The Balaban J connectivity index is 1.58. The maximum absolute atomic E-state index is 13.4. The predicted molar refractivity (Wildman–Crippen MR) is 132 cm³/mol. The Morgan fingerprint density at radius 1 is 1.00 bits per heavy atom. The number of aromatic nitrogens is 3. The molecule has 0 aliphatic carbocycles. The Labute approximate surface area is 194 Å². The van der Waals surface area contributed by atoms with E-state index in [4.69, 9.17) is 15.6 Å². The highest BCUT2D eigenvalue weighted by Gasteiger charge is 2.19. The topological polar surface area (TPSA) is 131 Å². The summed E-state index contributed by atoms with van der Waals surface area (Å²) in [5, 5.41) is 12.3. The van der Waals surface area contributed by atoms with E-state index < -0.39 is 0 Å². The van der Waals surface area contributed by atoms with E-state index in [0.29, 0.717) is 39.2 Å². The van der Waals surface area contributed by atoms with Crippen molar-refractivity contribution in [1.29, 1.82) is 5.41 Å². The first-order valence-corrected chi connectivity index (χ1v) is 10.6. The normalized spacial score (nSPS) is 10.8. The second kappa shape index (κ2) is 8.95. The maximum Gasteiger partial charge on any atom is 0.200 e. The van der Waals surface area contributed by atoms with Crippen molar-refractivity contribution in [3.63, 3.8) is 0 Å². The van der Waals surface area contributed by atoms with Crippen LogP contribution in [0.3, 0.4) is 0 Å². The number of nitrogens with one attached hydrogen (secondary N) is 2. The molecule has 8 heteroatoms. The van der Waals surface area contributed by atoms with Crippen molar-refractivity contribution in [3.05, 3.63) is 113 Å². The highest BCUT2D eigenvalue weighted by molar-refractivity contribution is 6.16. The van der Waals surface area contributed by atoms with Crippen LogP contribution in [-0.4, -0.2) is 20.7 Å². The van der Waals surface area contributed by atoms with E-state index in [1.54, 1.807) is 36.7 Å². The van der Waals surface area contributed by atoms with Crippen molar-refractivity contribution in [2.24, 2.45) is 0 Å². The zero-order chi connectivity index (χ0) is 23.5. The van der Waals surface area contributed by atoms with Gasteiger partial charge in [0.05, 0.1) is 28.8 Å². The van der Waals surface area contributed by atoms with Gasteiger partial charge >= 0.3 is 0 Å². The summed E-state index contributed by atoms with van der Waals surface area (Å²) in [6, 6.07) is 20.0. The lowest BCUT2D eigenvalue weighted by Gasteiger charge is -2.15. The van der Waals surface area contributed by atoms with Crippen molar-refractivity contribution >= 4 is 28.3 Å². The maximum atomic E-state index is 13.4. The zero-order valence-electron chi connectivity index (χ0n) is 18.0. The van der Waals surface area contributed by atoms with Crippen LogP contribution in [-0.2, 0) is 6.54 Å². The second-order valence-electron chi connectivity index (χ2n) is 7.54. The molecule has 5 rings (SSSR count). The lowest BCUT2D eigenvalue weighted by Crippen LogP contribution is -2.16. The number of anilines is 2. The van der Waals surface area contributed by atoms with Crippen LogP contribution >= 0.6 is 0 Å². The molecule has 0 fully saturated rings. The van der Waals surface area contributed by atoms with Gasteiger partial charge in [0.15, 0.2) is 0 Å². The van der Waals surface area contributed by atoms with Crippen LogP contribution in [0.5, 0.6) is 0 Å². The van der Waals surface area contributed by atoms with Gasteiger partial charge in [-0.15, -0.1) is 0 Å². The molecule has 0 saturated carbocycles. The Morgan fingerprint density at radius 2 is 1.79 bits per heavy atom. The molecule has 2 aromatic carbocycles. The van der Waals surface area contributed by atoms with Crippen LogP contribution in [0.25, 0.3) is 22.1 Å². The number of benzene rings is 2. The van der Waals surface area contributed by atoms with E-state index in [1.807, 2.05) is 42.5 Å². The van der Waals surface area contributed by atoms with E-state index in [-0.39, 0.29) is 23.5 Å². The highest BCUT2D eigenvalue weighted by Crippen LogP contribution is 2.27. The quantitative estimate of drug-likeness (QED) is 0.331. The van der Waals surface area contributed by atoms with E-state index >= 15 is 0 Å². The second-order valence-corrected chi connectivity index (χ2v) is 7.54. The van der Waals surface area contributed by atoms with Crippen molar-refractivity contribution in [2.75, 3.05) is 11.1 Å². The molecular formula is C26H20N6O2. The number of rotatable bonds is 6. The smallest absolute Gasteiger partial charge is 0.200 e. The molecular weight excluding hydrogens is 428 g/mol. The number of pyridine rings is 1. The minimum absolute atomic E-state index is 0.115. The summed E-state index contributed by atoms with van der Waals surface area (Å²) >= 11 is 0. The lowest BCUT2D eigenvalue weighted by atomic mass is 10.0. The molecule has 3 heterocycles. The summed E-state index contributed by atoms with van der Waals surface area (Å²) in [5.41, 5.74) is 8.79. The largest absolute Gasteiger partial charge is 0.458 e. The minimum Gasteiger partial charge on any atom is -0.458 e. The van der Waals surface area contributed by atoms with E-state index in [9.17, 15) is 4.79 Å². The van der Waals surface area contributed by atoms with Crippen LogP contribution in [0.15, 0.2) is 94.7 Å². The summed E-state index contributed by atoms with van der Waals surface area (Å²) in [6.07, 6.45) is 4.54. The van der Waals surface area contributed by atoms with Gasteiger partial charge in [-0.1, -0.05) is 42.5 Å². The zero-order valence-corrected chi connectivity index (χ0v) is 18.0. The van der Waals surface area contributed by atoms with Crippen molar-refractivity contribution in [3.8, 4) is 11.1 Å². The van der Waals surface area contributed by atoms with Crippen LogP contribution in [0.1, 0.15) is 16.9 Å². The molecule has 34 heavy (non-hydrogen) atoms. The number of para-hydroxylation sites is 1. The summed E-state index contributed by atoms with van der Waals surface area (Å²) < 4.78 is 6.16. The van der Waals surface area contributed by atoms with Gasteiger partial charge < -0.3 is 15.5 Å². The summed E-state index contributed by atoms with van der Waals surface area (Å²) in [7, 11) is 0. The highest BCUT2D eigenvalue weighted by atomic mass is 16.3. The SMILES string of the molecule is N=C(c1cccnc1)c1c(N)ncnc1NCc1oc2ccccc2c(=O)c1-c1ccccc1. The molecule has 166 valence electrons. The van der Waals surface area contributed by atoms with Crippen molar-refractivity contribution in [2.45, 2.75) is 6.54 Å². The molecule has 8 nitrogen and oxygen atoms in total. The first-order chi connectivity index (χ1) is 16.6. The van der Waals surface area contributed by atoms with Crippen LogP contribution in [0, 0.1) is 5.41 Å². The number of hydrogen-bond donors (Lipinski definition) is 3. The Hall–Kier alpha value is -4.85. The first kappa shape index (κ1) is 21.0. The fraction of sp³-hybridized carbons (Fsp3) is 0.0385. The molecule has 5 aromatic rings. The van der Waals surface area contributed by atoms with Gasteiger partial charge in [-0.2, -0.15) is 0 Å². The van der Waals surface area contributed by atoms with Gasteiger partial charge in [-0.05, 0) is 29.8 Å². The molecule has 0 bridgehead atoms. The van der Waals surface area contributed by atoms with Crippen molar-refractivity contribution < 1.29 is 4.42 Å². The van der Waals surface area contributed by atoms with Crippen LogP contribution in [0.2, 0.25) is 0 Å². The molecule has 3 aromatic heterocycles. The van der Waals surface area contributed by atoms with Gasteiger partial charge in [0.2, 0.25) is 5.43 Å². The first-order valence-electron chi connectivity index (χ1n) is 10.6. The Morgan fingerprint density at radius 3 is 2.59 bits per heavy atom. The average molecular weight is 448 g/mol. The Bertz CT molecular complexity index is 1550. The summed E-state index contributed by atoms with van der Waals surface area (Å²) in [4.78, 5) is 25.8. The van der Waals surface area contributed by atoms with Gasteiger partial charge in [-0.25, -0.2) is 9.97 Å². The fourth-order valence-corrected chi connectivity index (χ4v) is 3.81. The van der Waals surface area contributed by atoms with Crippen LogP contribution < -0.4 is 16.5 Å². The molecule has 0 aliphatic heterocycles.